The lowest BCUT2D eigenvalue weighted by atomic mass is 9.93. The highest BCUT2D eigenvalue weighted by atomic mass is 16.6. The first-order chi connectivity index (χ1) is 13.5. The molecule has 1 amide bonds. The number of aliphatic hydroxyl groups excluding tert-OH is 1. The van der Waals surface area contributed by atoms with Crippen LogP contribution in [0.4, 0.5) is 0 Å². The summed E-state index contributed by atoms with van der Waals surface area (Å²) in [5, 5.41) is 22.2. The third kappa shape index (κ3) is 4.22. The van der Waals surface area contributed by atoms with E-state index < -0.39 is 17.1 Å². The zero-order chi connectivity index (χ0) is 20.1. The molecule has 28 heavy (non-hydrogen) atoms. The highest BCUT2D eigenvalue weighted by molar-refractivity contribution is 5.96. The van der Waals surface area contributed by atoms with Crippen LogP contribution in [0.5, 0.6) is 0 Å². The van der Waals surface area contributed by atoms with Crippen molar-refractivity contribution in [2.75, 3.05) is 6.54 Å². The van der Waals surface area contributed by atoms with Crippen LogP contribution in [-0.2, 0) is 13.0 Å². The molecule has 2 unspecified atom stereocenters. The molecule has 1 aliphatic rings. The van der Waals surface area contributed by atoms with Crippen molar-refractivity contribution in [3.05, 3.63) is 80.9 Å². The summed E-state index contributed by atoms with van der Waals surface area (Å²) >= 11 is 0. The summed E-state index contributed by atoms with van der Waals surface area (Å²) in [5.74, 6) is -0.193. The number of amides is 1. The van der Waals surface area contributed by atoms with Crippen LogP contribution in [0, 0.1) is 10.1 Å². The zero-order valence-electron chi connectivity index (χ0n) is 16.1. The summed E-state index contributed by atoms with van der Waals surface area (Å²) in [7, 11) is 0. The highest BCUT2D eigenvalue weighted by Crippen LogP contribution is 2.28. The lowest BCUT2D eigenvalue weighted by Crippen LogP contribution is -2.37. The summed E-state index contributed by atoms with van der Waals surface area (Å²) in [4.78, 5) is 26.0. The number of rotatable bonds is 7. The summed E-state index contributed by atoms with van der Waals surface area (Å²) in [6.07, 6.45) is 1.22. The van der Waals surface area contributed by atoms with E-state index in [-0.39, 0.29) is 12.3 Å². The van der Waals surface area contributed by atoms with Crippen LogP contribution in [0.3, 0.4) is 0 Å². The van der Waals surface area contributed by atoms with Crippen molar-refractivity contribution in [3.63, 3.8) is 0 Å². The number of nitro groups is 1. The maximum atomic E-state index is 13.2. The Hall–Kier alpha value is -2.73. The topological polar surface area (TPSA) is 83.7 Å². The monoisotopic (exact) mass is 382 g/mol. The Balaban J connectivity index is 1.85. The van der Waals surface area contributed by atoms with E-state index in [1.807, 2.05) is 25.1 Å². The van der Waals surface area contributed by atoms with Gasteiger partial charge in [0.05, 0.1) is 0 Å². The van der Waals surface area contributed by atoms with E-state index >= 15 is 0 Å². The Morgan fingerprint density at radius 1 is 1.18 bits per heavy atom. The molecule has 1 aliphatic heterocycles. The van der Waals surface area contributed by atoms with Gasteiger partial charge in [-0.15, -0.1) is 0 Å². The lowest BCUT2D eigenvalue weighted by Gasteiger charge is -2.30. The number of carbonyl (C=O) groups is 1. The Bertz CT molecular complexity index is 852. The average Bonchev–Trinajstić information content (AvgIpc) is 2.72. The second kappa shape index (κ2) is 8.97. The van der Waals surface area contributed by atoms with Crippen molar-refractivity contribution in [1.82, 2.24) is 4.90 Å². The van der Waals surface area contributed by atoms with Gasteiger partial charge >= 0.3 is 0 Å². The van der Waals surface area contributed by atoms with E-state index in [2.05, 4.69) is 6.07 Å². The lowest BCUT2D eigenvalue weighted by molar-refractivity contribution is -0.537. The first kappa shape index (κ1) is 20.0. The van der Waals surface area contributed by atoms with E-state index in [0.717, 1.165) is 18.4 Å². The minimum atomic E-state index is -1.31. The van der Waals surface area contributed by atoms with Crippen LogP contribution in [0.15, 0.2) is 48.5 Å². The van der Waals surface area contributed by atoms with Crippen molar-refractivity contribution in [3.8, 4) is 0 Å². The average molecular weight is 382 g/mol. The van der Waals surface area contributed by atoms with Gasteiger partial charge in [0.2, 0.25) is 6.04 Å². The molecule has 0 saturated heterocycles. The van der Waals surface area contributed by atoms with Gasteiger partial charge in [0.15, 0.2) is 0 Å². The Morgan fingerprint density at radius 2 is 1.86 bits per heavy atom. The molecule has 0 spiro atoms. The number of carbonyl (C=O) groups excluding carboxylic acids is 1. The number of fused-ring (bicyclic) bond motifs is 1. The minimum absolute atomic E-state index is 0.193. The largest absolute Gasteiger partial charge is 0.381 e. The fraction of sp³-hybridized carbons (Fsp3) is 0.409. The summed E-state index contributed by atoms with van der Waals surface area (Å²) in [5.41, 5.74) is 3.04. The van der Waals surface area contributed by atoms with Gasteiger partial charge in [-0.1, -0.05) is 55.8 Å². The molecule has 2 atom stereocenters. The molecule has 0 bridgehead atoms. The van der Waals surface area contributed by atoms with Crippen molar-refractivity contribution in [2.24, 2.45) is 0 Å². The van der Waals surface area contributed by atoms with Crippen LogP contribution in [-0.4, -0.2) is 33.4 Å². The molecule has 3 rings (SSSR count). The standard InChI is InChI=1S/C22H26N2O4/c1-2-3-12-20(24(27)28)21(25)18-10-6-7-11-19(18)22(26)23-14-13-16-8-4-5-9-17(16)15-23/h4-11,20-21,25H,2-3,12-15H2,1H3. The summed E-state index contributed by atoms with van der Waals surface area (Å²) < 4.78 is 0. The molecule has 0 saturated carbocycles. The van der Waals surface area contributed by atoms with E-state index in [0.29, 0.717) is 30.6 Å². The van der Waals surface area contributed by atoms with E-state index in [4.69, 9.17) is 0 Å². The fourth-order valence-corrected chi connectivity index (χ4v) is 3.79. The number of hydrogen-bond donors (Lipinski definition) is 1. The van der Waals surface area contributed by atoms with Crippen molar-refractivity contribution >= 4 is 5.91 Å². The number of unbranched alkanes of at least 4 members (excludes halogenated alkanes) is 1. The van der Waals surface area contributed by atoms with Crippen LogP contribution >= 0.6 is 0 Å². The van der Waals surface area contributed by atoms with E-state index in [1.54, 1.807) is 29.2 Å². The molecule has 1 heterocycles. The smallest absolute Gasteiger partial charge is 0.254 e. The molecule has 148 valence electrons. The molecule has 0 fully saturated rings. The number of aliphatic hydroxyl groups is 1. The third-order valence-electron chi connectivity index (χ3n) is 5.42. The molecule has 0 radical (unpaired) electrons. The molecular weight excluding hydrogens is 356 g/mol. The molecule has 6 nitrogen and oxygen atoms in total. The molecule has 6 heteroatoms. The minimum Gasteiger partial charge on any atom is -0.381 e. The Morgan fingerprint density at radius 3 is 2.57 bits per heavy atom. The van der Waals surface area contributed by atoms with Crippen LogP contribution in [0.25, 0.3) is 0 Å². The molecular formula is C22H26N2O4. The zero-order valence-corrected chi connectivity index (χ0v) is 16.1. The van der Waals surface area contributed by atoms with Gasteiger partial charge in [0.25, 0.3) is 5.91 Å². The van der Waals surface area contributed by atoms with Gasteiger partial charge in [0.1, 0.15) is 6.10 Å². The quantitative estimate of drug-likeness (QED) is 0.584. The van der Waals surface area contributed by atoms with Gasteiger partial charge in [0, 0.05) is 35.6 Å². The maximum Gasteiger partial charge on any atom is 0.254 e. The van der Waals surface area contributed by atoms with Gasteiger partial charge in [-0.3, -0.25) is 14.9 Å². The van der Waals surface area contributed by atoms with Crippen molar-refractivity contribution < 1.29 is 14.8 Å². The van der Waals surface area contributed by atoms with Crippen LogP contribution in [0.2, 0.25) is 0 Å². The predicted molar refractivity (Wildman–Crippen MR) is 107 cm³/mol. The SMILES string of the molecule is CCCCC(C(O)c1ccccc1C(=O)N1CCc2ccccc2C1)[N+](=O)[O-]. The predicted octanol–water partition coefficient (Wildman–Crippen LogP) is 3.75. The van der Waals surface area contributed by atoms with Gasteiger partial charge in [-0.05, 0) is 30.0 Å². The molecule has 2 aromatic rings. The fourth-order valence-electron chi connectivity index (χ4n) is 3.79. The molecule has 1 N–H and O–H groups in total. The second-order valence-electron chi connectivity index (χ2n) is 7.27. The summed E-state index contributed by atoms with van der Waals surface area (Å²) in [6.45, 7) is 3.05. The normalized spacial score (nSPS) is 15.6. The third-order valence-corrected chi connectivity index (χ3v) is 5.42. The van der Waals surface area contributed by atoms with E-state index in [1.165, 1.54) is 5.56 Å². The van der Waals surface area contributed by atoms with Gasteiger partial charge in [-0.25, -0.2) is 0 Å². The Kier molecular flexibility index (Phi) is 6.41. The number of benzene rings is 2. The second-order valence-corrected chi connectivity index (χ2v) is 7.27. The van der Waals surface area contributed by atoms with Gasteiger partial charge in [-0.2, -0.15) is 0 Å². The number of nitrogens with zero attached hydrogens (tertiary/aromatic N) is 2. The number of hydrogen-bond acceptors (Lipinski definition) is 4. The first-order valence-corrected chi connectivity index (χ1v) is 9.79. The molecule has 2 aromatic carbocycles. The first-order valence-electron chi connectivity index (χ1n) is 9.79. The van der Waals surface area contributed by atoms with E-state index in [9.17, 15) is 20.0 Å². The van der Waals surface area contributed by atoms with Gasteiger partial charge < -0.3 is 10.0 Å². The van der Waals surface area contributed by atoms with Crippen molar-refractivity contribution in [2.45, 2.75) is 51.3 Å². The van der Waals surface area contributed by atoms with Crippen molar-refractivity contribution in [1.29, 1.82) is 0 Å². The Labute approximate surface area is 165 Å². The molecule has 0 aliphatic carbocycles. The molecule has 0 aromatic heterocycles. The highest BCUT2D eigenvalue weighted by Gasteiger charge is 2.34. The van der Waals surface area contributed by atoms with Crippen LogP contribution < -0.4 is 0 Å². The maximum absolute atomic E-state index is 13.2. The van der Waals surface area contributed by atoms with Crippen LogP contribution in [0.1, 0.15) is 59.3 Å². The summed E-state index contributed by atoms with van der Waals surface area (Å²) in [6, 6.07) is 13.6.